The topological polar surface area (TPSA) is 150 Å². The smallest absolute Gasteiger partial charge is 0.343 e. The van der Waals surface area contributed by atoms with Gasteiger partial charge >= 0.3 is 17.9 Å². The summed E-state index contributed by atoms with van der Waals surface area (Å²) in [6.45, 7) is 4.91. The van der Waals surface area contributed by atoms with Crippen molar-refractivity contribution in [3.05, 3.63) is 76.9 Å². The van der Waals surface area contributed by atoms with Crippen LogP contribution < -0.4 is 33.8 Å². The maximum absolute atomic E-state index is 14.1. The van der Waals surface area contributed by atoms with E-state index < -0.39 is 29.5 Å². The summed E-state index contributed by atoms with van der Waals surface area (Å²) in [5.74, 6) is -0.555. The largest absolute Gasteiger partial charge is 0.493 e. The van der Waals surface area contributed by atoms with Crippen LogP contribution in [0.1, 0.15) is 37.9 Å². The van der Waals surface area contributed by atoms with Crippen LogP contribution in [0.2, 0.25) is 0 Å². The molecule has 1 aliphatic rings. The van der Waals surface area contributed by atoms with Gasteiger partial charge < -0.3 is 33.2 Å². The highest BCUT2D eigenvalue weighted by atomic mass is 79.9. The zero-order chi connectivity index (χ0) is 34.2. The van der Waals surface area contributed by atoms with Gasteiger partial charge in [-0.05, 0) is 78.2 Å². The number of hydrogen-bond acceptors (Lipinski definition) is 13. The molecule has 1 aliphatic heterocycles. The molecular formula is C32H33BrN2O11S. The molecule has 4 rings (SSSR count). The summed E-state index contributed by atoms with van der Waals surface area (Å²) in [4.78, 5) is 55.7. The van der Waals surface area contributed by atoms with Gasteiger partial charge in [0.2, 0.25) is 0 Å². The van der Waals surface area contributed by atoms with Crippen molar-refractivity contribution in [1.82, 2.24) is 4.57 Å². The summed E-state index contributed by atoms with van der Waals surface area (Å²) in [5, 5.41) is 0. The number of hydrogen-bond donors (Lipinski definition) is 0. The average molecular weight is 734 g/mol. The third-order valence-electron chi connectivity index (χ3n) is 6.79. The van der Waals surface area contributed by atoms with Gasteiger partial charge in [-0.1, -0.05) is 17.4 Å². The summed E-state index contributed by atoms with van der Waals surface area (Å²) in [6, 6.07) is 7.39. The Hall–Kier alpha value is -4.63. The second-order valence-electron chi connectivity index (χ2n) is 9.71. The maximum atomic E-state index is 14.1. The van der Waals surface area contributed by atoms with Crippen molar-refractivity contribution in [2.24, 2.45) is 4.99 Å². The molecule has 0 saturated carbocycles. The van der Waals surface area contributed by atoms with Gasteiger partial charge in [-0.3, -0.25) is 9.36 Å². The van der Waals surface area contributed by atoms with E-state index in [0.29, 0.717) is 42.1 Å². The maximum Gasteiger partial charge on any atom is 0.343 e. The Morgan fingerprint density at radius 2 is 1.64 bits per heavy atom. The lowest BCUT2D eigenvalue weighted by Crippen LogP contribution is -2.40. The van der Waals surface area contributed by atoms with Crippen molar-refractivity contribution in [3.63, 3.8) is 0 Å². The van der Waals surface area contributed by atoms with Gasteiger partial charge in [-0.25, -0.2) is 19.4 Å². The number of carbonyl (C=O) groups excluding carboxylic acids is 3. The Morgan fingerprint density at radius 1 is 0.936 bits per heavy atom. The molecule has 47 heavy (non-hydrogen) atoms. The summed E-state index contributed by atoms with van der Waals surface area (Å²) in [6.07, 6.45) is 1.66. The van der Waals surface area contributed by atoms with E-state index in [9.17, 15) is 19.2 Å². The van der Waals surface area contributed by atoms with E-state index in [-0.39, 0.29) is 43.5 Å². The number of esters is 3. The molecule has 0 radical (unpaired) electrons. The van der Waals surface area contributed by atoms with Gasteiger partial charge in [0.05, 0.1) is 60.9 Å². The SMILES string of the molecule is CCOC(=O)C1=C(C)N=c2s/c(=C\c3cc(Br)c(OCC(=O)OC)c(OC)c3)c(=O)n2[C@@H]1c1ccc(OCC(=O)OC)c(OCC)c1. The minimum absolute atomic E-state index is 0.118. The van der Waals surface area contributed by atoms with E-state index in [1.54, 1.807) is 57.2 Å². The highest BCUT2D eigenvalue weighted by Crippen LogP contribution is 2.38. The van der Waals surface area contributed by atoms with E-state index in [1.165, 1.54) is 25.9 Å². The Labute approximate surface area is 282 Å². The lowest BCUT2D eigenvalue weighted by molar-refractivity contribution is -0.143. The summed E-state index contributed by atoms with van der Waals surface area (Å²) in [5.41, 5.74) is 1.29. The Morgan fingerprint density at radius 3 is 2.28 bits per heavy atom. The first-order valence-electron chi connectivity index (χ1n) is 14.3. The van der Waals surface area contributed by atoms with Crippen LogP contribution in [0.25, 0.3) is 6.08 Å². The molecule has 250 valence electrons. The van der Waals surface area contributed by atoms with Gasteiger partial charge in [0, 0.05) is 0 Å². The van der Waals surface area contributed by atoms with Gasteiger partial charge in [0.15, 0.2) is 41.0 Å². The number of nitrogens with zero attached hydrogens (tertiary/aromatic N) is 2. The van der Waals surface area contributed by atoms with Gasteiger partial charge in [-0.2, -0.15) is 0 Å². The van der Waals surface area contributed by atoms with Crippen LogP contribution >= 0.6 is 27.3 Å². The fourth-order valence-corrected chi connectivity index (χ4v) is 6.31. The number of thiazole rings is 1. The van der Waals surface area contributed by atoms with E-state index >= 15 is 0 Å². The van der Waals surface area contributed by atoms with Crippen LogP contribution in [0, 0.1) is 0 Å². The fraction of sp³-hybridized carbons (Fsp3) is 0.344. The molecule has 0 amide bonds. The predicted molar refractivity (Wildman–Crippen MR) is 174 cm³/mol. The quantitative estimate of drug-likeness (QED) is 0.189. The highest BCUT2D eigenvalue weighted by Gasteiger charge is 2.34. The van der Waals surface area contributed by atoms with E-state index in [0.717, 1.165) is 11.3 Å². The predicted octanol–water partition coefficient (Wildman–Crippen LogP) is 3.07. The van der Waals surface area contributed by atoms with Crippen LogP contribution in [0.4, 0.5) is 0 Å². The molecule has 3 aromatic rings. The second-order valence-corrected chi connectivity index (χ2v) is 11.6. The fourth-order valence-electron chi connectivity index (χ4n) is 4.69. The van der Waals surface area contributed by atoms with Crippen LogP contribution in [0.5, 0.6) is 23.0 Å². The van der Waals surface area contributed by atoms with E-state index in [2.05, 4.69) is 30.4 Å². The summed E-state index contributed by atoms with van der Waals surface area (Å²) >= 11 is 4.60. The van der Waals surface area contributed by atoms with Crippen molar-refractivity contribution in [2.75, 3.05) is 47.8 Å². The Kier molecular flexibility index (Phi) is 11.8. The Bertz CT molecular complexity index is 1900. The molecule has 0 unspecified atom stereocenters. The van der Waals surface area contributed by atoms with Gasteiger partial charge in [0.1, 0.15) is 0 Å². The molecule has 0 aliphatic carbocycles. The number of rotatable bonds is 13. The van der Waals surface area contributed by atoms with Crippen LogP contribution in [-0.4, -0.2) is 70.2 Å². The van der Waals surface area contributed by atoms with Gasteiger partial charge in [0.25, 0.3) is 5.56 Å². The number of ether oxygens (including phenoxy) is 7. The monoisotopic (exact) mass is 732 g/mol. The number of halogens is 1. The first-order chi connectivity index (χ1) is 22.6. The molecule has 0 fully saturated rings. The lowest BCUT2D eigenvalue weighted by Gasteiger charge is -2.25. The lowest BCUT2D eigenvalue weighted by atomic mass is 9.95. The van der Waals surface area contributed by atoms with Crippen molar-refractivity contribution in [1.29, 1.82) is 0 Å². The van der Waals surface area contributed by atoms with Crippen LogP contribution in [0.3, 0.4) is 0 Å². The van der Waals surface area contributed by atoms with Crippen molar-refractivity contribution < 1.29 is 47.5 Å². The standard InChI is InChI=1S/C32H33BrN2O11S/c1-7-43-22-14-19(9-10-21(22)45-15-25(36)41-5)28-27(31(39)44-8-2)17(3)34-32-35(28)30(38)24(47-32)13-18-11-20(33)29(23(12-18)40-4)46-16-26(37)42-6/h9-14,28H,7-8,15-16H2,1-6H3/b24-13-/t28-/m1/s1. The molecular weight excluding hydrogens is 700 g/mol. The molecule has 0 bridgehead atoms. The van der Waals surface area contributed by atoms with E-state index in [4.69, 9.17) is 23.7 Å². The number of fused-ring (bicyclic) bond motifs is 1. The molecule has 0 spiro atoms. The third-order valence-corrected chi connectivity index (χ3v) is 8.36. The molecule has 2 aromatic carbocycles. The molecule has 1 atom stereocenters. The number of carbonyl (C=O) groups is 3. The zero-order valence-corrected chi connectivity index (χ0v) is 28.9. The first-order valence-corrected chi connectivity index (χ1v) is 15.9. The molecule has 0 N–H and O–H groups in total. The van der Waals surface area contributed by atoms with Crippen molar-refractivity contribution in [2.45, 2.75) is 26.8 Å². The van der Waals surface area contributed by atoms with Crippen LogP contribution in [0.15, 0.2) is 55.9 Å². The van der Waals surface area contributed by atoms with Gasteiger partial charge in [-0.15, -0.1) is 0 Å². The molecule has 15 heteroatoms. The van der Waals surface area contributed by atoms with Crippen molar-refractivity contribution >= 4 is 51.3 Å². The van der Waals surface area contributed by atoms with E-state index in [1.807, 2.05) is 0 Å². The minimum Gasteiger partial charge on any atom is -0.493 e. The van der Waals surface area contributed by atoms with Crippen molar-refractivity contribution in [3.8, 4) is 23.0 Å². The number of aromatic nitrogens is 1. The summed E-state index contributed by atoms with van der Waals surface area (Å²) in [7, 11) is 3.96. The number of methoxy groups -OCH3 is 3. The second kappa shape index (κ2) is 15.8. The Balaban J connectivity index is 1.86. The number of benzene rings is 2. The minimum atomic E-state index is -0.920. The zero-order valence-electron chi connectivity index (χ0n) is 26.5. The van der Waals surface area contributed by atoms with Crippen LogP contribution in [-0.2, 0) is 28.6 Å². The third kappa shape index (κ3) is 7.85. The normalized spacial score (nSPS) is 14.1. The first kappa shape index (κ1) is 35.2. The molecule has 2 heterocycles. The highest BCUT2D eigenvalue weighted by molar-refractivity contribution is 9.10. The molecule has 13 nitrogen and oxygen atoms in total. The average Bonchev–Trinajstić information content (AvgIpc) is 3.35. The summed E-state index contributed by atoms with van der Waals surface area (Å²) < 4.78 is 39.4. The molecule has 1 aromatic heterocycles. The number of allylic oxidation sites excluding steroid dienone is 1. The molecule has 0 saturated heterocycles.